The van der Waals surface area contributed by atoms with Gasteiger partial charge in [-0.05, 0) is 65.2 Å². The molecular formula is C21H29N5O2. The molecule has 0 bridgehead atoms. The molecule has 2 aromatic rings. The normalized spacial score (nSPS) is 13.9. The van der Waals surface area contributed by atoms with Crippen LogP contribution >= 0.6 is 0 Å². The van der Waals surface area contributed by atoms with E-state index in [1.54, 1.807) is 4.68 Å². The fourth-order valence-electron chi connectivity index (χ4n) is 3.07. The van der Waals surface area contributed by atoms with Crippen LogP contribution in [0.25, 0.3) is 0 Å². The first-order chi connectivity index (χ1) is 13.1. The highest BCUT2D eigenvalue weighted by atomic mass is 16.2. The number of benzene rings is 1. The molecule has 3 rings (SSSR count). The van der Waals surface area contributed by atoms with Gasteiger partial charge in [0.25, 0.3) is 11.8 Å². The molecule has 7 heteroatoms. The second kappa shape index (κ2) is 7.66. The van der Waals surface area contributed by atoms with Crippen LogP contribution in [-0.2, 0) is 10.3 Å². The Kier molecular flexibility index (Phi) is 5.45. The van der Waals surface area contributed by atoms with E-state index in [0.29, 0.717) is 11.6 Å². The van der Waals surface area contributed by atoms with Crippen molar-refractivity contribution in [3.8, 4) is 0 Å². The van der Waals surface area contributed by atoms with Gasteiger partial charge in [-0.1, -0.05) is 17.7 Å². The second-order valence-corrected chi connectivity index (χ2v) is 8.49. The number of amides is 2. The lowest BCUT2D eigenvalue weighted by atomic mass is 10.1. The van der Waals surface area contributed by atoms with Crippen LogP contribution < -0.4 is 16.2 Å². The van der Waals surface area contributed by atoms with E-state index < -0.39 is 0 Å². The molecule has 2 amide bonds. The monoisotopic (exact) mass is 383 g/mol. The minimum absolute atomic E-state index is 0.0655. The fraction of sp³-hybridized carbons (Fsp3) is 0.476. The molecule has 0 unspecified atom stereocenters. The highest BCUT2D eigenvalue weighted by molar-refractivity contribution is 5.94. The van der Waals surface area contributed by atoms with E-state index in [0.717, 1.165) is 29.8 Å². The van der Waals surface area contributed by atoms with Crippen LogP contribution in [0.3, 0.4) is 0 Å². The lowest BCUT2D eigenvalue weighted by Crippen LogP contribution is -2.45. The number of anilines is 1. The predicted molar refractivity (Wildman–Crippen MR) is 109 cm³/mol. The third-order valence-electron chi connectivity index (χ3n) is 4.73. The zero-order chi connectivity index (χ0) is 20.5. The molecule has 3 N–H and O–H groups in total. The summed E-state index contributed by atoms with van der Waals surface area (Å²) in [6, 6.07) is 7.81. The lowest BCUT2D eigenvalue weighted by molar-refractivity contribution is -0.120. The molecule has 1 aliphatic carbocycles. The predicted octanol–water partition coefficient (Wildman–Crippen LogP) is 3.01. The van der Waals surface area contributed by atoms with Crippen LogP contribution in [0, 0.1) is 13.8 Å². The molecule has 28 heavy (non-hydrogen) atoms. The van der Waals surface area contributed by atoms with E-state index in [2.05, 4.69) is 21.3 Å². The minimum atomic E-state index is -0.366. The van der Waals surface area contributed by atoms with Gasteiger partial charge in [0.1, 0.15) is 5.69 Å². The van der Waals surface area contributed by atoms with Gasteiger partial charge in [0.05, 0.1) is 17.8 Å². The summed E-state index contributed by atoms with van der Waals surface area (Å²) in [6.45, 7) is 10.1. The molecule has 0 spiro atoms. The molecule has 150 valence electrons. The van der Waals surface area contributed by atoms with E-state index in [-0.39, 0.29) is 23.9 Å². The molecule has 0 radical (unpaired) electrons. The second-order valence-electron chi connectivity index (χ2n) is 8.49. The summed E-state index contributed by atoms with van der Waals surface area (Å²) in [5.41, 5.74) is 9.19. The topological polar surface area (TPSA) is 88.1 Å². The van der Waals surface area contributed by atoms with Crippen molar-refractivity contribution >= 4 is 17.5 Å². The smallest absolute Gasteiger partial charge is 0.287 e. The zero-order valence-electron chi connectivity index (χ0n) is 17.2. The van der Waals surface area contributed by atoms with Crippen molar-refractivity contribution in [2.45, 2.75) is 58.9 Å². The summed E-state index contributed by atoms with van der Waals surface area (Å²) in [6.07, 6.45) is 2.23. The Morgan fingerprint density at radius 3 is 2.46 bits per heavy atom. The van der Waals surface area contributed by atoms with Crippen LogP contribution in [0.15, 0.2) is 24.3 Å². The van der Waals surface area contributed by atoms with Gasteiger partial charge < -0.3 is 5.32 Å². The third kappa shape index (κ3) is 4.71. The van der Waals surface area contributed by atoms with E-state index >= 15 is 0 Å². The van der Waals surface area contributed by atoms with Crippen LogP contribution in [0.2, 0.25) is 0 Å². The molecule has 7 nitrogen and oxygen atoms in total. The Balaban J connectivity index is 1.58. The van der Waals surface area contributed by atoms with Crippen LogP contribution in [0.1, 0.15) is 66.8 Å². The first-order valence-corrected chi connectivity index (χ1v) is 9.66. The first kappa shape index (κ1) is 19.9. The number of hydrazine groups is 1. The summed E-state index contributed by atoms with van der Waals surface area (Å²) in [7, 11) is 0. The molecule has 0 saturated heterocycles. The highest BCUT2D eigenvalue weighted by Crippen LogP contribution is 2.40. The minimum Gasteiger partial charge on any atom is -0.376 e. The number of nitrogens with one attached hydrogen (secondary N) is 3. The number of hydrogen-bond donors (Lipinski definition) is 3. The molecule has 0 aliphatic heterocycles. The van der Waals surface area contributed by atoms with Crippen molar-refractivity contribution in [2.24, 2.45) is 0 Å². The Bertz CT molecular complexity index is 891. The van der Waals surface area contributed by atoms with Crippen molar-refractivity contribution in [1.82, 2.24) is 20.6 Å². The van der Waals surface area contributed by atoms with Gasteiger partial charge in [0.2, 0.25) is 0 Å². The van der Waals surface area contributed by atoms with Gasteiger partial charge in [-0.25, -0.2) is 0 Å². The maximum atomic E-state index is 12.6. The summed E-state index contributed by atoms with van der Waals surface area (Å²) < 4.78 is 1.73. The third-order valence-corrected chi connectivity index (χ3v) is 4.73. The number of aromatic nitrogens is 2. The van der Waals surface area contributed by atoms with Gasteiger partial charge in [0.15, 0.2) is 0 Å². The van der Waals surface area contributed by atoms with E-state index in [1.165, 1.54) is 5.56 Å². The number of nitrogens with zero attached hydrogens (tertiary/aromatic N) is 2. The Labute approximate surface area is 165 Å². The Morgan fingerprint density at radius 1 is 1.14 bits per heavy atom. The van der Waals surface area contributed by atoms with Crippen LogP contribution in [0.5, 0.6) is 0 Å². The van der Waals surface area contributed by atoms with E-state index in [9.17, 15) is 9.59 Å². The maximum Gasteiger partial charge on any atom is 0.287 e. The van der Waals surface area contributed by atoms with Gasteiger partial charge >= 0.3 is 0 Å². The zero-order valence-corrected chi connectivity index (χ0v) is 17.2. The largest absolute Gasteiger partial charge is 0.376 e. The average Bonchev–Trinajstić information content (AvgIpc) is 3.36. The van der Waals surface area contributed by atoms with Crippen molar-refractivity contribution in [3.63, 3.8) is 0 Å². The SMILES string of the molecule is Cc1ccc(NCC(=O)NNC(=O)c2cc(C3CC3)nn2C(C)(C)C)c(C)c1. The molecule has 1 aromatic carbocycles. The Hall–Kier alpha value is -2.83. The van der Waals surface area contributed by atoms with Crippen LogP contribution in [-0.4, -0.2) is 28.1 Å². The van der Waals surface area contributed by atoms with Crippen LogP contribution in [0.4, 0.5) is 5.69 Å². The van der Waals surface area contributed by atoms with Gasteiger partial charge in [-0.2, -0.15) is 5.10 Å². The molecule has 1 aliphatic rings. The fourth-order valence-corrected chi connectivity index (χ4v) is 3.07. The molecule has 0 atom stereocenters. The summed E-state index contributed by atoms with van der Waals surface area (Å²) in [5.74, 6) is -0.238. The van der Waals surface area contributed by atoms with E-state index in [1.807, 2.05) is 58.9 Å². The average molecular weight is 383 g/mol. The lowest BCUT2D eigenvalue weighted by Gasteiger charge is -2.22. The number of carbonyl (C=O) groups excluding carboxylic acids is 2. The molecule has 1 aromatic heterocycles. The standard InChI is InChI=1S/C21H29N5O2/c1-13-6-9-16(14(2)10-13)22-12-19(27)23-24-20(28)18-11-17(15-7-8-15)25-26(18)21(3,4)5/h6,9-11,15,22H,7-8,12H2,1-5H3,(H,23,27)(H,24,28). The number of rotatable bonds is 5. The molecular weight excluding hydrogens is 354 g/mol. The van der Waals surface area contributed by atoms with Crippen molar-refractivity contribution in [1.29, 1.82) is 0 Å². The van der Waals surface area contributed by atoms with Crippen molar-refractivity contribution in [2.75, 3.05) is 11.9 Å². The first-order valence-electron chi connectivity index (χ1n) is 9.66. The number of carbonyl (C=O) groups is 2. The van der Waals surface area contributed by atoms with E-state index in [4.69, 9.17) is 0 Å². The highest BCUT2D eigenvalue weighted by Gasteiger charge is 2.31. The number of aryl methyl sites for hydroxylation is 2. The Morgan fingerprint density at radius 2 is 1.86 bits per heavy atom. The van der Waals surface area contributed by atoms with Gasteiger partial charge in [-0.15, -0.1) is 0 Å². The number of hydrogen-bond acceptors (Lipinski definition) is 4. The summed E-state index contributed by atoms with van der Waals surface area (Å²) in [5, 5.41) is 7.70. The molecule has 1 fully saturated rings. The van der Waals surface area contributed by atoms with Crippen molar-refractivity contribution < 1.29 is 9.59 Å². The quantitative estimate of drug-likeness (QED) is 0.693. The molecule has 1 heterocycles. The summed E-state index contributed by atoms with van der Waals surface area (Å²) in [4.78, 5) is 24.8. The van der Waals surface area contributed by atoms with Gasteiger partial charge in [0, 0.05) is 11.6 Å². The van der Waals surface area contributed by atoms with Crippen molar-refractivity contribution in [3.05, 3.63) is 46.8 Å². The molecule has 1 saturated carbocycles. The van der Waals surface area contributed by atoms with Gasteiger partial charge in [-0.3, -0.25) is 25.1 Å². The summed E-state index contributed by atoms with van der Waals surface area (Å²) >= 11 is 0. The maximum absolute atomic E-state index is 12.6.